The minimum absolute atomic E-state index is 0.00463. The van der Waals surface area contributed by atoms with Crippen LogP contribution >= 0.6 is 11.6 Å². The van der Waals surface area contributed by atoms with Crippen molar-refractivity contribution in [3.8, 4) is 0 Å². The van der Waals surface area contributed by atoms with Crippen LogP contribution in [0.1, 0.15) is 20.8 Å². The Balaban J connectivity index is 3.20. The second-order valence-electron chi connectivity index (χ2n) is 2.26. The Morgan fingerprint density at radius 2 is 1.85 bits per heavy atom. The molecule has 1 rings (SSSR count). The number of primary amides is 2. The predicted molar refractivity (Wildman–Crippen MR) is 46.3 cm³/mol. The van der Waals surface area contributed by atoms with Crippen molar-refractivity contribution in [3.05, 3.63) is 28.5 Å². The summed E-state index contributed by atoms with van der Waals surface area (Å²) in [7, 11) is 0. The molecule has 0 aliphatic carbocycles. The van der Waals surface area contributed by atoms with E-state index in [1.165, 1.54) is 12.1 Å². The summed E-state index contributed by atoms with van der Waals surface area (Å²) in [6.45, 7) is 0. The summed E-state index contributed by atoms with van der Waals surface area (Å²) in [4.78, 5) is 24.9. The molecule has 0 fully saturated rings. The number of nitrogens with two attached hydrogens (primary N) is 2. The lowest BCUT2D eigenvalue weighted by atomic mass is 10.2. The van der Waals surface area contributed by atoms with E-state index in [-0.39, 0.29) is 16.4 Å². The Bertz CT molecular complexity index is 378. The molecule has 0 atom stereocenters. The third-order valence-electron chi connectivity index (χ3n) is 1.37. The van der Waals surface area contributed by atoms with Gasteiger partial charge in [-0.3, -0.25) is 9.59 Å². The Morgan fingerprint density at radius 1 is 1.23 bits per heavy atom. The van der Waals surface area contributed by atoms with Crippen molar-refractivity contribution in [1.82, 2.24) is 4.98 Å². The number of rotatable bonds is 2. The average Bonchev–Trinajstić information content (AvgIpc) is 2.03. The monoisotopic (exact) mass is 199 g/mol. The zero-order valence-corrected chi connectivity index (χ0v) is 7.21. The van der Waals surface area contributed by atoms with Crippen LogP contribution in [0.4, 0.5) is 0 Å². The number of hydrogen-bond acceptors (Lipinski definition) is 3. The Kier molecular flexibility index (Phi) is 2.48. The standard InChI is InChI=1S/C7H6ClN3O2/c8-5-3(6(9)12)1-2-4(11-5)7(10)13/h1-2H,(H2,9,12)(H2,10,13). The summed E-state index contributed by atoms with van der Waals surface area (Å²) in [6.07, 6.45) is 0. The zero-order valence-electron chi connectivity index (χ0n) is 6.45. The number of halogens is 1. The topological polar surface area (TPSA) is 99.1 Å². The first-order valence-corrected chi connectivity index (χ1v) is 3.66. The molecular formula is C7H6ClN3O2. The van der Waals surface area contributed by atoms with Gasteiger partial charge in [-0.25, -0.2) is 4.98 Å². The minimum atomic E-state index is -0.710. The Morgan fingerprint density at radius 3 is 2.23 bits per heavy atom. The molecule has 0 saturated heterocycles. The normalized spacial score (nSPS) is 9.62. The van der Waals surface area contributed by atoms with E-state index in [0.29, 0.717) is 0 Å². The predicted octanol–water partition coefficient (Wildman–Crippen LogP) is -0.0672. The molecular weight excluding hydrogens is 194 g/mol. The van der Waals surface area contributed by atoms with E-state index in [1.54, 1.807) is 0 Å². The third-order valence-corrected chi connectivity index (χ3v) is 1.65. The van der Waals surface area contributed by atoms with Crippen LogP contribution in [0, 0.1) is 0 Å². The van der Waals surface area contributed by atoms with E-state index in [1.807, 2.05) is 0 Å². The van der Waals surface area contributed by atoms with Gasteiger partial charge in [0.2, 0.25) is 0 Å². The van der Waals surface area contributed by atoms with Crippen molar-refractivity contribution < 1.29 is 9.59 Å². The summed E-state index contributed by atoms with van der Waals surface area (Å²) < 4.78 is 0. The highest BCUT2D eigenvalue weighted by atomic mass is 35.5. The molecule has 1 heterocycles. The molecule has 0 radical (unpaired) electrons. The fourth-order valence-electron chi connectivity index (χ4n) is 0.755. The van der Waals surface area contributed by atoms with Crippen LogP contribution < -0.4 is 11.5 Å². The zero-order chi connectivity index (χ0) is 10.0. The highest BCUT2D eigenvalue weighted by molar-refractivity contribution is 6.32. The highest BCUT2D eigenvalue weighted by Crippen LogP contribution is 2.12. The summed E-state index contributed by atoms with van der Waals surface area (Å²) >= 11 is 5.55. The van der Waals surface area contributed by atoms with Gasteiger partial charge < -0.3 is 11.5 Å². The lowest BCUT2D eigenvalue weighted by Crippen LogP contribution is -2.16. The fourth-order valence-corrected chi connectivity index (χ4v) is 1.00. The Labute approximate surface area is 78.7 Å². The molecule has 0 aliphatic heterocycles. The van der Waals surface area contributed by atoms with Crippen LogP contribution in [-0.4, -0.2) is 16.8 Å². The number of aromatic nitrogens is 1. The van der Waals surface area contributed by atoms with Crippen LogP contribution in [0.3, 0.4) is 0 Å². The van der Waals surface area contributed by atoms with E-state index in [0.717, 1.165) is 0 Å². The summed E-state index contributed by atoms with van der Waals surface area (Å²) in [6, 6.07) is 2.59. The van der Waals surface area contributed by atoms with Crippen LogP contribution in [0.2, 0.25) is 5.15 Å². The van der Waals surface area contributed by atoms with Crippen LogP contribution in [0.15, 0.2) is 12.1 Å². The van der Waals surface area contributed by atoms with E-state index in [4.69, 9.17) is 23.1 Å². The molecule has 13 heavy (non-hydrogen) atoms. The second kappa shape index (κ2) is 3.40. The van der Waals surface area contributed by atoms with Gasteiger partial charge in [0, 0.05) is 0 Å². The first-order valence-electron chi connectivity index (χ1n) is 3.28. The van der Waals surface area contributed by atoms with Gasteiger partial charge in [-0.1, -0.05) is 11.6 Å². The molecule has 0 saturated carbocycles. The van der Waals surface area contributed by atoms with Crippen molar-refractivity contribution in [2.75, 3.05) is 0 Å². The highest BCUT2D eigenvalue weighted by Gasteiger charge is 2.10. The average molecular weight is 200 g/mol. The Hall–Kier alpha value is -1.62. The van der Waals surface area contributed by atoms with E-state index >= 15 is 0 Å². The van der Waals surface area contributed by atoms with Crippen molar-refractivity contribution in [2.24, 2.45) is 11.5 Å². The number of carbonyl (C=O) groups excluding carboxylic acids is 2. The molecule has 0 bridgehead atoms. The minimum Gasteiger partial charge on any atom is -0.366 e. The molecule has 1 aromatic heterocycles. The lowest BCUT2D eigenvalue weighted by molar-refractivity contribution is 0.0984. The van der Waals surface area contributed by atoms with Gasteiger partial charge in [-0.2, -0.15) is 0 Å². The molecule has 5 nitrogen and oxygen atoms in total. The van der Waals surface area contributed by atoms with Gasteiger partial charge in [-0.15, -0.1) is 0 Å². The maximum atomic E-state index is 10.7. The van der Waals surface area contributed by atoms with Gasteiger partial charge in [0.15, 0.2) is 0 Å². The smallest absolute Gasteiger partial charge is 0.267 e. The SMILES string of the molecule is NC(=O)c1ccc(C(N)=O)c(Cl)n1. The van der Waals surface area contributed by atoms with Crippen molar-refractivity contribution in [3.63, 3.8) is 0 Å². The first kappa shape index (κ1) is 9.47. The van der Waals surface area contributed by atoms with E-state index in [9.17, 15) is 9.59 Å². The van der Waals surface area contributed by atoms with Gasteiger partial charge in [0.05, 0.1) is 5.56 Å². The first-order chi connectivity index (χ1) is 6.02. The molecule has 68 valence electrons. The summed E-state index contributed by atoms with van der Waals surface area (Å²) in [5.74, 6) is -1.41. The van der Waals surface area contributed by atoms with E-state index in [2.05, 4.69) is 4.98 Å². The molecule has 0 unspecified atom stereocenters. The van der Waals surface area contributed by atoms with Gasteiger partial charge in [-0.05, 0) is 12.1 Å². The van der Waals surface area contributed by atoms with Crippen molar-refractivity contribution >= 4 is 23.4 Å². The lowest BCUT2D eigenvalue weighted by Gasteiger charge is -1.99. The number of nitrogens with zero attached hydrogens (tertiary/aromatic N) is 1. The fraction of sp³-hybridized carbons (Fsp3) is 0. The molecule has 0 spiro atoms. The summed E-state index contributed by atoms with van der Waals surface area (Å²) in [5, 5.41) is -0.121. The largest absolute Gasteiger partial charge is 0.366 e. The number of pyridine rings is 1. The second-order valence-corrected chi connectivity index (χ2v) is 2.62. The maximum Gasteiger partial charge on any atom is 0.267 e. The van der Waals surface area contributed by atoms with Gasteiger partial charge >= 0.3 is 0 Å². The van der Waals surface area contributed by atoms with Gasteiger partial charge in [0.1, 0.15) is 10.8 Å². The van der Waals surface area contributed by atoms with E-state index < -0.39 is 11.8 Å². The van der Waals surface area contributed by atoms with Crippen LogP contribution in [-0.2, 0) is 0 Å². The molecule has 0 aliphatic rings. The van der Waals surface area contributed by atoms with Crippen molar-refractivity contribution in [2.45, 2.75) is 0 Å². The molecule has 2 amide bonds. The molecule has 0 aromatic carbocycles. The third kappa shape index (κ3) is 1.94. The number of hydrogen-bond donors (Lipinski definition) is 2. The maximum absolute atomic E-state index is 10.7. The van der Waals surface area contributed by atoms with Crippen LogP contribution in [0.25, 0.3) is 0 Å². The molecule has 1 aromatic rings. The summed E-state index contributed by atoms with van der Waals surface area (Å²) in [5.41, 5.74) is 9.95. The van der Waals surface area contributed by atoms with Crippen LogP contribution in [0.5, 0.6) is 0 Å². The number of amides is 2. The molecule has 4 N–H and O–H groups in total. The van der Waals surface area contributed by atoms with Crippen molar-refractivity contribution in [1.29, 1.82) is 0 Å². The number of carbonyl (C=O) groups is 2. The molecule has 6 heteroatoms. The van der Waals surface area contributed by atoms with Gasteiger partial charge in [0.25, 0.3) is 11.8 Å². The quantitative estimate of drug-likeness (QED) is 0.653.